The van der Waals surface area contributed by atoms with Crippen molar-refractivity contribution < 1.29 is 14.5 Å². The first-order valence-electron chi connectivity index (χ1n) is 8.47. The molecule has 1 N–H and O–H groups in total. The molecule has 0 aromatic heterocycles. The Kier molecular flexibility index (Phi) is 5.42. The third kappa shape index (κ3) is 4.14. The number of ether oxygens (including phenoxy) is 1. The molecule has 2 aromatic carbocycles. The minimum atomic E-state index is -0.771. The van der Waals surface area contributed by atoms with Crippen molar-refractivity contribution in [1.82, 2.24) is 0 Å². The number of carbonyl (C=O) groups is 1. The number of anilines is 1. The van der Waals surface area contributed by atoms with E-state index in [0.29, 0.717) is 5.75 Å². The number of hydrogen-bond donors (Lipinski definition) is 1. The highest BCUT2D eigenvalue weighted by Crippen LogP contribution is 2.28. The van der Waals surface area contributed by atoms with Crippen LogP contribution in [0.3, 0.4) is 0 Å². The molecule has 1 atom stereocenters. The van der Waals surface area contributed by atoms with E-state index in [1.807, 2.05) is 18.2 Å². The number of nitro benzene ring substituents is 1. The first kappa shape index (κ1) is 18.2. The predicted molar refractivity (Wildman–Crippen MR) is 99.9 cm³/mol. The highest BCUT2D eigenvalue weighted by atomic mass is 35.5. The van der Waals surface area contributed by atoms with Crippen molar-refractivity contribution in [3.8, 4) is 5.75 Å². The number of nitro groups is 1. The van der Waals surface area contributed by atoms with Crippen LogP contribution in [0.15, 0.2) is 36.4 Å². The van der Waals surface area contributed by atoms with Crippen molar-refractivity contribution in [2.45, 2.75) is 38.7 Å². The predicted octanol–water partition coefficient (Wildman–Crippen LogP) is 4.53. The summed E-state index contributed by atoms with van der Waals surface area (Å²) in [4.78, 5) is 22.7. The second-order valence-corrected chi connectivity index (χ2v) is 6.72. The fourth-order valence-electron chi connectivity index (χ4n) is 3.00. The van der Waals surface area contributed by atoms with Crippen molar-refractivity contribution in [3.63, 3.8) is 0 Å². The molecule has 0 radical (unpaired) electrons. The zero-order valence-corrected chi connectivity index (χ0v) is 15.1. The molecule has 0 bridgehead atoms. The number of benzene rings is 2. The fraction of sp³-hybridized carbons (Fsp3) is 0.316. The van der Waals surface area contributed by atoms with Gasteiger partial charge in [0, 0.05) is 12.1 Å². The molecule has 7 heteroatoms. The van der Waals surface area contributed by atoms with Crippen molar-refractivity contribution in [2.75, 3.05) is 5.32 Å². The first-order valence-corrected chi connectivity index (χ1v) is 8.85. The van der Waals surface area contributed by atoms with Crippen LogP contribution in [0, 0.1) is 10.1 Å². The second-order valence-electron chi connectivity index (χ2n) is 6.31. The number of non-ortho nitro benzene ring substituents is 1. The molecule has 6 nitrogen and oxygen atoms in total. The van der Waals surface area contributed by atoms with Crippen LogP contribution in [0.5, 0.6) is 5.75 Å². The average molecular weight is 375 g/mol. The molecule has 2 aromatic rings. The fourth-order valence-corrected chi connectivity index (χ4v) is 3.16. The van der Waals surface area contributed by atoms with Gasteiger partial charge >= 0.3 is 0 Å². The van der Waals surface area contributed by atoms with Crippen molar-refractivity contribution in [1.29, 1.82) is 0 Å². The monoisotopic (exact) mass is 374 g/mol. The van der Waals surface area contributed by atoms with E-state index < -0.39 is 16.9 Å². The molecule has 0 aliphatic heterocycles. The lowest BCUT2D eigenvalue weighted by molar-refractivity contribution is -0.384. The molecule has 136 valence electrons. The van der Waals surface area contributed by atoms with Crippen molar-refractivity contribution in [3.05, 3.63) is 62.7 Å². The summed E-state index contributed by atoms with van der Waals surface area (Å²) in [6, 6.07) is 9.79. The van der Waals surface area contributed by atoms with Crippen LogP contribution in [-0.4, -0.2) is 16.9 Å². The van der Waals surface area contributed by atoms with Gasteiger partial charge in [0.1, 0.15) is 5.75 Å². The van der Waals surface area contributed by atoms with Gasteiger partial charge in [-0.25, -0.2) is 0 Å². The zero-order valence-electron chi connectivity index (χ0n) is 14.3. The molecule has 0 unspecified atom stereocenters. The lowest BCUT2D eigenvalue weighted by Crippen LogP contribution is -2.30. The van der Waals surface area contributed by atoms with Gasteiger partial charge in [-0.1, -0.05) is 17.7 Å². The third-order valence-corrected chi connectivity index (χ3v) is 4.75. The number of aryl methyl sites for hydroxylation is 2. The molecule has 3 rings (SSSR count). The largest absolute Gasteiger partial charge is 0.481 e. The van der Waals surface area contributed by atoms with Crippen molar-refractivity contribution in [2.24, 2.45) is 0 Å². The van der Waals surface area contributed by atoms with E-state index in [1.54, 1.807) is 6.92 Å². The van der Waals surface area contributed by atoms with Crippen molar-refractivity contribution >= 4 is 28.9 Å². The summed E-state index contributed by atoms with van der Waals surface area (Å²) < 4.78 is 5.74. The number of amides is 1. The molecule has 1 aliphatic carbocycles. The number of carbonyl (C=O) groups excluding carboxylic acids is 1. The molecular formula is C19H19ClN2O4. The second kappa shape index (κ2) is 7.74. The number of hydrogen-bond acceptors (Lipinski definition) is 4. The Morgan fingerprint density at radius 2 is 1.92 bits per heavy atom. The Bertz CT molecular complexity index is 853. The topological polar surface area (TPSA) is 81.5 Å². The third-order valence-electron chi connectivity index (χ3n) is 4.42. The van der Waals surface area contributed by atoms with Gasteiger partial charge < -0.3 is 10.1 Å². The molecule has 26 heavy (non-hydrogen) atoms. The van der Waals surface area contributed by atoms with Gasteiger partial charge in [-0.05, 0) is 61.9 Å². The molecule has 0 fully saturated rings. The van der Waals surface area contributed by atoms with Crippen LogP contribution in [0.2, 0.25) is 5.02 Å². The molecule has 0 spiro atoms. The molecule has 0 saturated carbocycles. The van der Waals surface area contributed by atoms with Crippen LogP contribution >= 0.6 is 11.6 Å². The average Bonchev–Trinajstić information content (AvgIpc) is 2.63. The van der Waals surface area contributed by atoms with Crippen LogP contribution in [0.25, 0.3) is 0 Å². The SMILES string of the molecule is C[C@@H](Oc1ccc2c(c1)CCCC2)C(=O)Nc1cc([N+](=O)[O-])ccc1Cl. The van der Waals surface area contributed by atoms with Gasteiger partial charge in [0.15, 0.2) is 6.10 Å². The van der Waals surface area contributed by atoms with Crippen LogP contribution in [0.1, 0.15) is 30.9 Å². The quantitative estimate of drug-likeness (QED) is 0.615. The van der Waals surface area contributed by atoms with Gasteiger partial charge in [-0.2, -0.15) is 0 Å². The van der Waals surface area contributed by atoms with Crippen LogP contribution in [-0.2, 0) is 17.6 Å². The molecule has 0 saturated heterocycles. The Morgan fingerprint density at radius 1 is 1.19 bits per heavy atom. The number of fused-ring (bicyclic) bond motifs is 1. The molecular weight excluding hydrogens is 356 g/mol. The summed E-state index contributed by atoms with van der Waals surface area (Å²) in [6.07, 6.45) is 3.70. The summed E-state index contributed by atoms with van der Waals surface area (Å²) in [6.45, 7) is 1.63. The maximum absolute atomic E-state index is 12.4. The van der Waals surface area contributed by atoms with Gasteiger partial charge in [-0.3, -0.25) is 14.9 Å². The highest BCUT2D eigenvalue weighted by Gasteiger charge is 2.19. The van der Waals surface area contributed by atoms with E-state index in [1.165, 1.54) is 35.7 Å². The highest BCUT2D eigenvalue weighted by molar-refractivity contribution is 6.33. The number of nitrogens with zero attached hydrogens (tertiary/aromatic N) is 1. The number of rotatable bonds is 5. The van der Waals surface area contributed by atoms with Gasteiger partial charge in [0.25, 0.3) is 11.6 Å². The van der Waals surface area contributed by atoms with E-state index in [9.17, 15) is 14.9 Å². The van der Waals surface area contributed by atoms with E-state index >= 15 is 0 Å². The summed E-state index contributed by atoms with van der Waals surface area (Å²) in [5.74, 6) is 0.212. The van der Waals surface area contributed by atoms with Gasteiger partial charge in [-0.15, -0.1) is 0 Å². The first-order chi connectivity index (χ1) is 12.4. The molecule has 1 amide bonds. The number of nitrogens with one attached hydrogen (secondary N) is 1. The maximum Gasteiger partial charge on any atom is 0.271 e. The summed E-state index contributed by atoms with van der Waals surface area (Å²) in [5.41, 5.74) is 2.65. The molecule has 0 heterocycles. The summed E-state index contributed by atoms with van der Waals surface area (Å²) in [5, 5.41) is 13.7. The van der Waals surface area contributed by atoms with Gasteiger partial charge in [0.05, 0.1) is 15.6 Å². The Morgan fingerprint density at radius 3 is 2.65 bits per heavy atom. The molecule has 1 aliphatic rings. The van der Waals surface area contributed by atoms with E-state index in [4.69, 9.17) is 16.3 Å². The zero-order chi connectivity index (χ0) is 18.7. The maximum atomic E-state index is 12.4. The minimum absolute atomic E-state index is 0.145. The van der Waals surface area contributed by atoms with Crippen LogP contribution in [0.4, 0.5) is 11.4 Å². The number of halogens is 1. The minimum Gasteiger partial charge on any atom is -0.481 e. The lowest BCUT2D eigenvalue weighted by atomic mass is 9.92. The van der Waals surface area contributed by atoms with E-state index in [-0.39, 0.29) is 16.4 Å². The Balaban J connectivity index is 1.68. The Labute approximate surface area is 156 Å². The normalized spacial score (nSPS) is 14.2. The standard InChI is InChI=1S/C19H19ClN2O4/c1-12(26-16-8-6-13-4-2-3-5-14(13)10-16)19(23)21-18-11-15(22(24)25)7-9-17(18)20/h6-12H,2-5H2,1H3,(H,21,23)/t12-/m1/s1. The lowest BCUT2D eigenvalue weighted by Gasteiger charge is -2.19. The van der Waals surface area contributed by atoms with E-state index in [2.05, 4.69) is 5.32 Å². The summed E-state index contributed by atoms with van der Waals surface area (Å²) >= 11 is 6.01. The Hall–Kier alpha value is -2.60. The van der Waals surface area contributed by atoms with Gasteiger partial charge in [0.2, 0.25) is 0 Å². The summed E-state index contributed by atoms with van der Waals surface area (Å²) in [7, 11) is 0. The van der Waals surface area contributed by atoms with Crippen LogP contribution < -0.4 is 10.1 Å². The smallest absolute Gasteiger partial charge is 0.271 e. The van der Waals surface area contributed by atoms with E-state index in [0.717, 1.165) is 19.3 Å².